The SMILES string of the molecule is CC(C)(c1ccccc1)c1cccc(N(c2ccccc2)c2ccc3c(ccc4ccc5c6ccccc6sc5c43)c2)c1. The van der Waals surface area contributed by atoms with Gasteiger partial charge in [0, 0.05) is 48.0 Å². The van der Waals surface area contributed by atoms with E-state index in [0.29, 0.717) is 0 Å². The van der Waals surface area contributed by atoms with Gasteiger partial charge in [0.1, 0.15) is 0 Å². The van der Waals surface area contributed by atoms with E-state index in [4.69, 9.17) is 0 Å². The van der Waals surface area contributed by atoms with Gasteiger partial charge in [-0.1, -0.05) is 123 Å². The Morgan fingerprint density at radius 1 is 0.465 bits per heavy atom. The fourth-order valence-corrected chi connectivity index (χ4v) is 7.81. The second-order valence-electron chi connectivity index (χ2n) is 11.8. The molecule has 8 rings (SSSR count). The molecule has 7 aromatic carbocycles. The average Bonchev–Trinajstić information content (AvgIpc) is 3.45. The van der Waals surface area contributed by atoms with Crippen LogP contribution in [0.25, 0.3) is 41.7 Å². The number of nitrogens with zero attached hydrogens (tertiary/aromatic N) is 1. The van der Waals surface area contributed by atoms with Crippen molar-refractivity contribution in [2.45, 2.75) is 19.3 Å². The van der Waals surface area contributed by atoms with Gasteiger partial charge in [0.05, 0.1) is 0 Å². The van der Waals surface area contributed by atoms with Crippen molar-refractivity contribution < 1.29 is 0 Å². The fourth-order valence-electron chi connectivity index (χ4n) is 6.53. The summed E-state index contributed by atoms with van der Waals surface area (Å²) < 4.78 is 2.71. The molecule has 2 heteroatoms. The molecule has 0 spiro atoms. The predicted molar refractivity (Wildman–Crippen MR) is 188 cm³/mol. The van der Waals surface area contributed by atoms with Crippen LogP contribution in [-0.4, -0.2) is 0 Å². The molecule has 0 atom stereocenters. The molecule has 8 aromatic rings. The van der Waals surface area contributed by atoms with Gasteiger partial charge in [0.15, 0.2) is 0 Å². The van der Waals surface area contributed by atoms with E-state index < -0.39 is 0 Å². The molecule has 206 valence electrons. The highest BCUT2D eigenvalue weighted by Gasteiger charge is 2.24. The molecule has 1 aromatic heterocycles. The quantitative estimate of drug-likeness (QED) is 0.186. The summed E-state index contributed by atoms with van der Waals surface area (Å²) in [4.78, 5) is 2.38. The molecule has 0 fully saturated rings. The Bertz CT molecular complexity index is 2260. The maximum absolute atomic E-state index is 2.38. The minimum Gasteiger partial charge on any atom is -0.310 e. The standard InChI is InChI=1S/C41H31NS/c1-41(2,30-12-5-3-6-13-30)31-14-11-17-33(27-31)42(32-15-7-4-8-16-32)34-23-25-35-29(26-34)21-20-28-22-24-37-36-18-9-10-19-38(36)43-40(37)39(28)35/h3-27H,1-2H3. The van der Waals surface area contributed by atoms with Gasteiger partial charge in [0.25, 0.3) is 0 Å². The average molecular weight is 570 g/mol. The molecule has 0 saturated carbocycles. The van der Waals surface area contributed by atoms with Crippen LogP contribution in [0.4, 0.5) is 17.1 Å². The minimum atomic E-state index is -0.127. The maximum atomic E-state index is 2.38. The summed E-state index contributed by atoms with van der Waals surface area (Å²) in [5.41, 5.74) is 5.91. The molecule has 0 radical (unpaired) electrons. The summed E-state index contributed by atoms with van der Waals surface area (Å²) in [6.07, 6.45) is 0. The Labute approximate surface area is 256 Å². The van der Waals surface area contributed by atoms with Crippen LogP contribution in [0.5, 0.6) is 0 Å². The first-order valence-corrected chi connectivity index (χ1v) is 15.7. The molecule has 1 nitrogen and oxygen atoms in total. The Kier molecular flexibility index (Phi) is 6.06. The smallest absolute Gasteiger partial charge is 0.0468 e. The molecule has 0 amide bonds. The predicted octanol–water partition coefficient (Wildman–Crippen LogP) is 12.2. The van der Waals surface area contributed by atoms with Crippen LogP contribution in [0.3, 0.4) is 0 Å². The number of hydrogen-bond donors (Lipinski definition) is 0. The Morgan fingerprint density at radius 3 is 1.93 bits per heavy atom. The van der Waals surface area contributed by atoms with E-state index in [1.807, 2.05) is 11.3 Å². The van der Waals surface area contributed by atoms with Crippen LogP contribution in [-0.2, 0) is 5.41 Å². The van der Waals surface area contributed by atoms with Crippen LogP contribution in [0, 0.1) is 0 Å². The van der Waals surface area contributed by atoms with Crippen LogP contribution in [0.2, 0.25) is 0 Å². The molecular formula is C41H31NS. The molecule has 43 heavy (non-hydrogen) atoms. The van der Waals surface area contributed by atoms with E-state index in [-0.39, 0.29) is 5.41 Å². The number of rotatable bonds is 5. The van der Waals surface area contributed by atoms with Crippen molar-refractivity contribution in [3.05, 3.63) is 163 Å². The summed E-state index contributed by atoms with van der Waals surface area (Å²) in [5.74, 6) is 0. The first-order valence-electron chi connectivity index (χ1n) is 14.9. The maximum Gasteiger partial charge on any atom is 0.0468 e. The second-order valence-corrected chi connectivity index (χ2v) is 12.9. The summed E-state index contributed by atoms with van der Waals surface area (Å²) >= 11 is 1.90. The zero-order valence-corrected chi connectivity index (χ0v) is 25.1. The zero-order valence-electron chi connectivity index (χ0n) is 24.3. The van der Waals surface area contributed by atoms with Crippen LogP contribution in [0.1, 0.15) is 25.0 Å². The number of para-hydroxylation sites is 1. The highest BCUT2D eigenvalue weighted by molar-refractivity contribution is 7.26. The molecule has 0 saturated heterocycles. The fraction of sp³-hybridized carbons (Fsp3) is 0.0732. The van der Waals surface area contributed by atoms with Crippen molar-refractivity contribution >= 4 is 70.1 Å². The molecule has 0 unspecified atom stereocenters. The number of benzene rings is 7. The van der Waals surface area contributed by atoms with Gasteiger partial charge in [-0.3, -0.25) is 0 Å². The topological polar surface area (TPSA) is 3.24 Å². The zero-order chi connectivity index (χ0) is 29.0. The molecule has 0 aliphatic heterocycles. The van der Waals surface area contributed by atoms with Crippen molar-refractivity contribution in [2.75, 3.05) is 4.90 Å². The van der Waals surface area contributed by atoms with Crippen molar-refractivity contribution in [2.24, 2.45) is 0 Å². The van der Waals surface area contributed by atoms with E-state index >= 15 is 0 Å². The lowest BCUT2D eigenvalue weighted by molar-refractivity contribution is 0.641. The molecule has 0 bridgehead atoms. The lowest BCUT2D eigenvalue weighted by Gasteiger charge is -2.30. The monoisotopic (exact) mass is 569 g/mol. The van der Waals surface area contributed by atoms with Crippen LogP contribution >= 0.6 is 11.3 Å². The minimum absolute atomic E-state index is 0.127. The van der Waals surface area contributed by atoms with E-state index in [1.165, 1.54) is 52.8 Å². The van der Waals surface area contributed by atoms with E-state index in [2.05, 4.69) is 170 Å². The third-order valence-electron chi connectivity index (χ3n) is 8.92. The first kappa shape index (κ1) is 25.8. The van der Waals surface area contributed by atoms with Crippen molar-refractivity contribution in [3.63, 3.8) is 0 Å². The summed E-state index contributed by atoms with van der Waals surface area (Å²) in [7, 11) is 0. The number of anilines is 3. The number of fused-ring (bicyclic) bond motifs is 7. The molecule has 0 N–H and O–H groups in total. The highest BCUT2D eigenvalue weighted by Crippen LogP contribution is 2.43. The number of thiophene rings is 1. The third-order valence-corrected chi connectivity index (χ3v) is 10.1. The molecule has 0 aliphatic carbocycles. The Morgan fingerprint density at radius 2 is 1.09 bits per heavy atom. The third kappa shape index (κ3) is 4.29. The lowest BCUT2D eigenvalue weighted by atomic mass is 9.78. The molecule has 0 aliphatic rings. The van der Waals surface area contributed by atoms with Gasteiger partial charge < -0.3 is 4.90 Å². The van der Waals surface area contributed by atoms with Gasteiger partial charge in [-0.05, 0) is 69.8 Å². The molecular weight excluding hydrogens is 539 g/mol. The summed E-state index contributed by atoms with van der Waals surface area (Å²) in [5, 5.41) is 7.86. The summed E-state index contributed by atoms with van der Waals surface area (Å²) in [6.45, 7) is 4.62. The van der Waals surface area contributed by atoms with E-state index in [9.17, 15) is 0 Å². The summed E-state index contributed by atoms with van der Waals surface area (Å²) in [6, 6.07) is 55.4. The van der Waals surface area contributed by atoms with Crippen molar-refractivity contribution in [1.82, 2.24) is 0 Å². The first-order chi connectivity index (χ1) is 21.1. The van der Waals surface area contributed by atoms with Gasteiger partial charge in [0.2, 0.25) is 0 Å². The highest BCUT2D eigenvalue weighted by atomic mass is 32.1. The number of hydrogen-bond acceptors (Lipinski definition) is 2. The molecule has 1 heterocycles. The van der Waals surface area contributed by atoms with Gasteiger partial charge in [-0.25, -0.2) is 0 Å². The second kappa shape index (κ2) is 10.1. The lowest BCUT2D eigenvalue weighted by Crippen LogP contribution is -2.19. The van der Waals surface area contributed by atoms with Crippen LogP contribution < -0.4 is 4.90 Å². The van der Waals surface area contributed by atoms with Crippen LogP contribution in [0.15, 0.2) is 152 Å². The van der Waals surface area contributed by atoms with Gasteiger partial charge in [-0.15, -0.1) is 11.3 Å². The Hall–Kier alpha value is -4.92. The van der Waals surface area contributed by atoms with E-state index in [1.54, 1.807) is 0 Å². The Balaban J connectivity index is 1.31. The van der Waals surface area contributed by atoms with E-state index in [0.717, 1.165) is 17.1 Å². The van der Waals surface area contributed by atoms with Gasteiger partial charge >= 0.3 is 0 Å². The normalized spacial score (nSPS) is 12.0. The van der Waals surface area contributed by atoms with Gasteiger partial charge in [-0.2, -0.15) is 0 Å². The van der Waals surface area contributed by atoms with Crippen molar-refractivity contribution in [3.8, 4) is 0 Å². The largest absolute Gasteiger partial charge is 0.310 e. The van der Waals surface area contributed by atoms with Crippen molar-refractivity contribution in [1.29, 1.82) is 0 Å².